The Kier molecular flexibility index (Phi) is 5.63. The number of ether oxygens (including phenoxy) is 1. The number of hydrogen-bond acceptors (Lipinski definition) is 6. The zero-order chi connectivity index (χ0) is 24.5. The normalized spacial score (nSPS) is 11.5. The summed E-state index contributed by atoms with van der Waals surface area (Å²) in [6.07, 6.45) is 10.9. The Labute approximate surface area is 208 Å². The number of H-pyrrole nitrogens is 2. The van der Waals surface area contributed by atoms with Crippen molar-refractivity contribution in [1.29, 1.82) is 0 Å². The molecule has 2 N–H and O–H groups in total. The van der Waals surface area contributed by atoms with Gasteiger partial charge < -0.3 is 14.6 Å². The number of hydrogen-bond donors (Lipinski definition) is 2. The van der Waals surface area contributed by atoms with Crippen molar-refractivity contribution in [2.24, 2.45) is 0 Å². The first-order valence-electron chi connectivity index (χ1n) is 11.7. The summed E-state index contributed by atoms with van der Waals surface area (Å²) in [5, 5.41) is 9.92. The second kappa shape index (κ2) is 9.24. The second-order valence-corrected chi connectivity index (χ2v) is 8.96. The smallest absolute Gasteiger partial charge is 0.138 e. The van der Waals surface area contributed by atoms with Crippen LogP contribution < -0.4 is 4.74 Å². The first-order valence-corrected chi connectivity index (χ1v) is 11.7. The van der Waals surface area contributed by atoms with Gasteiger partial charge in [0.05, 0.1) is 29.1 Å². The number of nitrogens with one attached hydrogen (secondary N) is 2. The quantitative estimate of drug-likeness (QED) is 0.331. The summed E-state index contributed by atoms with van der Waals surface area (Å²) in [7, 11) is 4.05. The van der Waals surface area contributed by atoms with Crippen LogP contribution in [0.4, 0.5) is 0 Å². The number of nitrogens with zero attached hydrogens (tertiary/aromatic N) is 5. The molecule has 8 nitrogen and oxygen atoms in total. The van der Waals surface area contributed by atoms with E-state index in [4.69, 9.17) is 4.74 Å². The Hall–Kier alpha value is -4.56. The standard InChI is InChI=1S/C28H25N7O/c1-35(2)9-10-36-21-11-20(14-30-15-21)19-3-4-25-23(12-19)28(34-33-25)26-13-22-24(16-31-17-27(22)32-26)18-5-7-29-8-6-18/h3-8,11-17,32H,9-10H2,1-2H3,(H,33,34). The maximum Gasteiger partial charge on any atom is 0.138 e. The van der Waals surface area contributed by atoms with E-state index in [-0.39, 0.29) is 0 Å². The van der Waals surface area contributed by atoms with Crippen LogP contribution in [0.2, 0.25) is 0 Å². The van der Waals surface area contributed by atoms with E-state index in [1.165, 1.54) is 0 Å². The fourth-order valence-corrected chi connectivity index (χ4v) is 4.34. The maximum absolute atomic E-state index is 5.89. The van der Waals surface area contributed by atoms with Crippen molar-refractivity contribution in [3.63, 3.8) is 0 Å². The zero-order valence-electron chi connectivity index (χ0n) is 20.1. The molecule has 0 bridgehead atoms. The Balaban J connectivity index is 1.38. The van der Waals surface area contributed by atoms with Crippen molar-refractivity contribution in [3.05, 3.63) is 79.6 Å². The number of aromatic amines is 2. The van der Waals surface area contributed by atoms with Crippen molar-refractivity contribution in [2.75, 3.05) is 27.2 Å². The third-order valence-electron chi connectivity index (χ3n) is 6.21. The highest BCUT2D eigenvalue weighted by Gasteiger charge is 2.15. The molecule has 178 valence electrons. The SMILES string of the molecule is CN(C)CCOc1cncc(-c2ccc3[nH]nc(-c4cc5c(-c6ccncc6)cncc5[nH]4)c3c2)c1. The lowest BCUT2D eigenvalue weighted by molar-refractivity contribution is 0.261. The van der Waals surface area contributed by atoms with Gasteiger partial charge in [0.15, 0.2) is 0 Å². The van der Waals surface area contributed by atoms with Gasteiger partial charge in [-0.2, -0.15) is 5.10 Å². The lowest BCUT2D eigenvalue weighted by Gasteiger charge is -2.11. The number of likely N-dealkylation sites (N-methyl/N-ethyl adjacent to an activating group) is 1. The lowest BCUT2D eigenvalue weighted by atomic mass is 10.0. The molecule has 0 aliphatic carbocycles. The average Bonchev–Trinajstić information content (AvgIpc) is 3.53. The molecule has 0 radical (unpaired) electrons. The predicted octanol–water partition coefficient (Wildman–Crippen LogP) is 5.17. The molecule has 6 rings (SSSR count). The van der Waals surface area contributed by atoms with Crippen molar-refractivity contribution in [2.45, 2.75) is 0 Å². The van der Waals surface area contributed by atoms with Gasteiger partial charge in [0.2, 0.25) is 0 Å². The molecule has 0 aliphatic heterocycles. The molecule has 0 spiro atoms. The molecular formula is C28H25N7O. The third kappa shape index (κ3) is 4.18. The van der Waals surface area contributed by atoms with E-state index in [2.05, 4.69) is 53.2 Å². The minimum Gasteiger partial charge on any atom is -0.491 e. The van der Waals surface area contributed by atoms with Gasteiger partial charge in [-0.05, 0) is 61.6 Å². The molecule has 36 heavy (non-hydrogen) atoms. The van der Waals surface area contributed by atoms with Gasteiger partial charge in [0.1, 0.15) is 18.1 Å². The number of aromatic nitrogens is 6. The largest absolute Gasteiger partial charge is 0.491 e. The second-order valence-electron chi connectivity index (χ2n) is 8.96. The van der Waals surface area contributed by atoms with E-state index in [9.17, 15) is 0 Å². The van der Waals surface area contributed by atoms with Gasteiger partial charge in [-0.3, -0.25) is 20.1 Å². The van der Waals surface area contributed by atoms with Crippen LogP contribution in [-0.2, 0) is 0 Å². The summed E-state index contributed by atoms with van der Waals surface area (Å²) in [5.74, 6) is 0.758. The maximum atomic E-state index is 5.89. The van der Waals surface area contributed by atoms with E-state index < -0.39 is 0 Å². The fraction of sp³-hybridized carbons (Fsp3) is 0.143. The predicted molar refractivity (Wildman–Crippen MR) is 142 cm³/mol. The molecule has 8 heteroatoms. The van der Waals surface area contributed by atoms with Crippen LogP contribution in [-0.4, -0.2) is 62.3 Å². The molecule has 0 amide bonds. The summed E-state index contributed by atoms with van der Waals surface area (Å²) in [6.45, 7) is 1.46. The zero-order valence-corrected chi connectivity index (χ0v) is 20.1. The number of pyridine rings is 3. The van der Waals surface area contributed by atoms with Crippen molar-refractivity contribution >= 4 is 21.8 Å². The molecule has 6 aromatic rings. The Bertz CT molecular complexity index is 1650. The number of rotatable bonds is 7. The van der Waals surface area contributed by atoms with Crippen LogP contribution in [0.15, 0.2) is 79.6 Å². The monoisotopic (exact) mass is 475 g/mol. The number of fused-ring (bicyclic) bond motifs is 2. The van der Waals surface area contributed by atoms with E-state index in [1.54, 1.807) is 18.6 Å². The summed E-state index contributed by atoms with van der Waals surface area (Å²) in [5.41, 5.74) is 7.87. The Morgan fingerprint density at radius 1 is 0.778 bits per heavy atom. The third-order valence-corrected chi connectivity index (χ3v) is 6.21. The minimum atomic E-state index is 0.611. The van der Waals surface area contributed by atoms with Gasteiger partial charge in [-0.15, -0.1) is 0 Å². The van der Waals surface area contributed by atoms with Crippen molar-refractivity contribution < 1.29 is 4.74 Å². The van der Waals surface area contributed by atoms with E-state index in [1.807, 2.05) is 57.0 Å². The highest BCUT2D eigenvalue weighted by atomic mass is 16.5. The lowest BCUT2D eigenvalue weighted by Crippen LogP contribution is -2.19. The summed E-state index contributed by atoms with van der Waals surface area (Å²) >= 11 is 0. The topological polar surface area (TPSA) is 95.6 Å². The molecule has 0 saturated carbocycles. The van der Waals surface area contributed by atoms with Crippen molar-refractivity contribution in [3.8, 4) is 39.4 Å². The number of benzene rings is 1. The van der Waals surface area contributed by atoms with Crippen molar-refractivity contribution in [1.82, 2.24) is 35.0 Å². The summed E-state index contributed by atoms with van der Waals surface area (Å²) in [6, 6.07) is 14.4. The molecule has 0 atom stereocenters. The molecular weight excluding hydrogens is 450 g/mol. The fourth-order valence-electron chi connectivity index (χ4n) is 4.34. The van der Waals surface area contributed by atoms with E-state index >= 15 is 0 Å². The molecule has 0 unspecified atom stereocenters. The highest BCUT2D eigenvalue weighted by molar-refractivity contribution is 6.01. The van der Waals surface area contributed by atoms with Crippen LogP contribution >= 0.6 is 0 Å². The van der Waals surface area contributed by atoms with Gasteiger partial charge >= 0.3 is 0 Å². The molecule has 0 saturated heterocycles. The minimum absolute atomic E-state index is 0.611. The van der Waals surface area contributed by atoms with Crippen LogP contribution in [0, 0.1) is 0 Å². The van der Waals surface area contributed by atoms with Crippen LogP contribution in [0.5, 0.6) is 5.75 Å². The Morgan fingerprint density at radius 2 is 1.64 bits per heavy atom. The van der Waals surface area contributed by atoms with Gasteiger partial charge in [-0.25, -0.2) is 0 Å². The average molecular weight is 476 g/mol. The van der Waals surface area contributed by atoms with Gasteiger partial charge in [0, 0.05) is 53.2 Å². The molecule has 0 aliphatic rings. The molecule has 1 aromatic carbocycles. The highest BCUT2D eigenvalue weighted by Crippen LogP contribution is 2.35. The van der Waals surface area contributed by atoms with E-state index in [0.29, 0.717) is 6.61 Å². The first-order chi connectivity index (χ1) is 17.7. The van der Waals surface area contributed by atoms with Gasteiger partial charge in [0.25, 0.3) is 0 Å². The summed E-state index contributed by atoms with van der Waals surface area (Å²) in [4.78, 5) is 18.6. The molecule has 5 aromatic heterocycles. The van der Waals surface area contributed by atoms with Gasteiger partial charge in [-0.1, -0.05) is 6.07 Å². The first kappa shape index (κ1) is 21.9. The molecule has 0 fully saturated rings. The Morgan fingerprint density at radius 3 is 2.50 bits per heavy atom. The van der Waals surface area contributed by atoms with Crippen LogP contribution in [0.25, 0.3) is 55.4 Å². The summed E-state index contributed by atoms with van der Waals surface area (Å²) < 4.78 is 5.89. The van der Waals surface area contributed by atoms with E-state index in [0.717, 1.165) is 67.7 Å². The van der Waals surface area contributed by atoms with Crippen LogP contribution in [0.1, 0.15) is 0 Å². The molecule has 5 heterocycles. The van der Waals surface area contributed by atoms with Crippen LogP contribution in [0.3, 0.4) is 0 Å².